The van der Waals surface area contributed by atoms with E-state index in [1.54, 1.807) is 0 Å². The van der Waals surface area contributed by atoms with Gasteiger partial charge in [-0.3, -0.25) is 4.79 Å². The van der Waals surface area contributed by atoms with Gasteiger partial charge in [0.1, 0.15) is 5.75 Å². The number of benzene rings is 2. The summed E-state index contributed by atoms with van der Waals surface area (Å²) in [5.74, 6) is -0.401. The number of aryl methyl sites for hydroxylation is 1. The van der Waals surface area contributed by atoms with Crippen LogP contribution in [-0.4, -0.2) is 18.8 Å². The summed E-state index contributed by atoms with van der Waals surface area (Å²) in [5, 5.41) is 2.32. The van der Waals surface area contributed by atoms with Gasteiger partial charge in [-0.05, 0) is 36.8 Å². The monoisotopic (exact) mass is 355 g/mol. The van der Waals surface area contributed by atoms with Crippen LogP contribution in [0, 0.1) is 6.92 Å². The Morgan fingerprint density at radius 1 is 1.21 bits per heavy atom. The standard InChI is InChI=1S/C17H16F3NO2S/c1-11-5-3-4-6-15(11)24-10-16(22)21-14-8-7-12(23-2)9-13(14)17(18,19)20/h3-9H,10H2,1-2H3,(H,21,22). The van der Waals surface area contributed by atoms with Crippen molar-refractivity contribution in [1.82, 2.24) is 0 Å². The van der Waals surface area contributed by atoms with Crippen molar-refractivity contribution in [1.29, 1.82) is 0 Å². The van der Waals surface area contributed by atoms with Crippen LogP contribution in [0.3, 0.4) is 0 Å². The predicted octanol–water partition coefficient (Wildman–Crippen LogP) is 4.75. The molecule has 0 aliphatic heterocycles. The molecule has 0 aliphatic rings. The number of amides is 1. The molecule has 128 valence electrons. The second-order valence-electron chi connectivity index (χ2n) is 5.01. The van der Waals surface area contributed by atoms with Crippen molar-refractivity contribution in [3.05, 3.63) is 53.6 Å². The molecule has 7 heteroatoms. The van der Waals surface area contributed by atoms with E-state index in [9.17, 15) is 18.0 Å². The van der Waals surface area contributed by atoms with Crippen molar-refractivity contribution < 1.29 is 22.7 Å². The van der Waals surface area contributed by atoms with Crippen LogP contribution in [0.25, 0.3) is 0 Å². The predicted molar refractivity (Wildman–Crippen MR) is 88.5 cm³/mol. The smallest absolute Gasteiger partial charge is 0.418 e. The van der Waals surface area contributed by atoms with Crippen LogP contribution in [0.4, 0.5) is 18.9 Å². The van der Waals surface area contributed by atoms with Gasteiger partial charge in [-0.1, -0.05) is 18.2 Å². The zero-order chi connectivity index (χ0) is 17.7. The largest absolute Gasteiger partial charge is 0.497 e. The van der Waals surface area contributed by atoms with E-state index >= 15 is 0 Å². The average Bonchev–Trinajstić information content (AvgIpc) is 2.53. The van der Waals surface area contributed by atoms with Gasteiger partial charge in [-0.25, -0.2) is 0 Å². The maximum atomic E-state index is 13.1. The maximum Gasteiger partial charge on any atom is 0.418 e. The minimum atomic E-state index is -4.58. The molecule has 1 N–H and O–H groups in total. The number of carbonyl (C=O) groups excluding carboxylic acids is 1. The van der Waals surface area contributed by atoms with Crippen molar-refractivity contribution >= 4 is 23.4 Å². The summed E-state index contributed by atoms with van der Waals surface area (Å²) in [5.41, 5.74) is -0.203. The van der Waals surface area contributed by atoms with E-state index in [-0.39, 0.29) is 17.2 Å². The maximum absolute atomic E-state index is 13.1. The quantitative estimate of drug-likeness (QED) is 0.787. The Kier molecular flexibility index (Phi) is 5.77. The Balaban J connectivity index is 2.10. The third-order valence-electron chi connectivity index (χ3n) is 3.26. The number of hydrogen-bond acceptors (Lipinski definition) is 3. The zero-order valence-electron chi connectivity index (χ0n) is 13.1. The Bertz CT molecular complexity index is 732. The fourth-order valence-electron chi connectivity index (χ4n) is 2.04. The Hall–Kier alpha value is -2.15. The van der Waals surface area contributed by atoms with Crippen molar-refractivity contribution in [2.24, 2.45) is 0 Å². The molecular formula is C17H16F3NO2S. The lowest BCUT2D eigenvalue weighted by molar-refractivity contribution is -0.137. The van der Waals surface area contributed by atoms with Gasteiger partial charge in [0.25, 0.3) is 0 Å². The molecule has 0 radical (unpaired) electrons. The lowest BCUT2D eigenvalue weighted by Gasteiger charge is -2.15. The summed E-state index contributed by atoms with van der Waals surface area (Å²) in [7, 11) is 1.28. The molecule has 1 amide bonds. The van der Waals surface area contributed by atoms with Gasteiger partial charge < -0.3 is 10.1 Å². The normalized spacial score (nSPS) is 11.2. The highest BCUT2D eigenvalue weighted by Crippen LogP contribution is 2.37. The molecule has 24 heavy (non-hydrogen) atoms. The summed E-state index contributed by atoms with van der Waals surface area (Å²) in [4.78, 5) is 12.9. The number of rotatable bonds is 5. The van der Waals surface area contributed by atoms with Gasteiger partial charge in [0, 0.05) is 4.90 Å². The van der Waals surface area contributed by atoms with Crippen LogP contribution in [0.1, 0.15) is 11.1 Å². The van der Waals surface area contributed by atoms with E-state index < -0.39 is 17.6 Å². The first kappa shape index (κ1) is 18.2. The van der Waals surface area contributed by atoms with Crippen LogP contribution < -0.4 is 10.1 Å². The minimum absolute atomic E-state index is 0.0220. The number of halogens is 3. The molecule has 0 spiro atoms. The lowest BCUT2D eigenvalue weighted by atomic mass is 10.1. The van der Waals surface area contributed by atoms with Gasteiger partial charge in [-0.15, -0.1) is 11.8 Å². The highest BCUT2D eigenvalue weighted by atomic mass is 32.2. The second-order valence-corrected chi connectivity index (χ2v) is 6.03. The van der Waals surface area contributed by atoms with E-state index in [1.807, 2.05) is 31.2 Å². The van der Waals surface area contributed by atoms with Crippen LogP contribution in [0.2, 0.25) is 0 Å². The molecule has 0 atom stereocenters. The molecule has 2 aromatic rings. The fraction of sp³-hybridized carbons (Fsp3) is 0.235. The van der Waals surface area contributed by atoms with Crippen LogP contribution >= 0.6 is 11.8 Å². The van der Waals surface area contributed by atoms with Crippen molar-refractivity contribution in [2.75, 3.05) is 18.2 Å². The molecule has 0 heterocycles. The van der Waals surface area contributed by atoms with E-state index in [4.69, 9.17) is 4.74 Å². The molecule has 0 saturated carbocycles. The molecule has 0 aliphatic carbocycles. The van der Waals surface area contributed by atoms with Crippen molar-refractivity contribution in [3.63, 3.8) is 0 Å². The van der Waals surface area contributed by atoms with Gasteiger partial charge in [0.15, 0.2) is 0 Å². The Morgan fingerprint density at radius 3 is 2.54 bits per heavy atom. The van der Waals surface area contributed by atoms with Crippen LogP contribution in [0.5, 0.6) is 5.75 Å². The molecule has 0 unspecified atom stereocenters. The third-order valence-corrected chi connectivity index (χ3v) is 4.43. The molecule has 2 aromatic carbocycles. The molecule has 0 saturated heterocycles. The number of nitrogens with one attached hydrogen (secondary N) is 1. The average molecular weight is 355 g/mol. The van der Waals surface area contributed by atoms with Gasteiger partial charge in [-0.2, -0.15) is 13.2 Å². The van der Waals surface area contributed by atoms with Crippen molar-refractivity contribution in [2.45, 2.75) is 18.0 Å². The third kappa shape index (κ3) is 4.67. The molecule has 0 aromatic heterocycles. The summed E-state index contributed by atoms with van der Waals surface area (Å²) in [6, 6.07) is 10.9. The van der Waals surface area contributed by atoms with E-state index in [0.717, 1.165) is 16.5 Å². The molecular weight excluding hydrogens is 339 g/mol. The summed E-state index contributed by atoms with van der Waals surface area (Å²) < 4.78 is 44.1. The Morgan fingerprint density at radius 2 is 1.92 bits per heavy atom. The van der Waals surface area contributed by atoms with Gasteiger partial charge >= 0.3 is 6.18 Å². The van der Waals surface area contributed by atoms with Crippen LogP contribution in [0.15, 0.2) is 47.4 Å². The highest BCUT2D eigenvalue weighted by Gasteiger charge is 2.34. The van der Waals surface area contributed by atoms with E-state index in [0.29, 0.717) is 0 Å². The summed E-state index contributed by atoms with van der Waals surface area (Å²) in [6.45, 7) is 1.91. The first-order valence-electron chi connectivity index (χ1n) is 7.05. The lowest BCUT2D eigenvalue weighted by Crippen LogP contribution is -2.18. The fourth-order valence-corrected chi connectivity index (χ4v) is 2.87. The number of anilines is 1. The number of alkyl halides is 3. The first-order valence-corrected chi connectivity index (χ1v) is 8.03. The molecule has 0 fully saturated rings. The number of hydrogen-bond donors (Lipinski definition) is 1. The zero-order valence-corrected chi connectivity index (χ0v) is 13.9. The summed E-state index contributed by atoms with van der Waals surface area (Å²) in [6.07, 6.45) is -4.58. The molecule has 2 rings (SSSR count). The highest BCUT2D eigenvalue weighted by molar-refractivity contribution is 8.00. The summed E-state index contributed by atoms with van der Waals surface area (Å²) >= 11 is 1.28. The minimum Gasteiger partial charge on any atom is -0.497 e. The van der Waals surface area contributed by atoms with Gasteiger partial charge in [0.05, 0.1) is 24.1 Å². The SMILES string of the molecule is COc1ccc(NC(=O)CSc2ccccc2C)c(C(F)(F)F)c1. The number of thioether (sulfide) groups is 1. The Labute approximate surface area is 142 Å². The van der Waals surface area contributed by atoms with E-state index in [2.05, 4.69) is 5.32 Å². The van der Waals surface area contributed by atoms with Crippen molar-refractivity contribution in [3.8, 4) is 5.75 Å². The topological polar surface area (TPSA) is 38.3 Å². The van der Waals surface area contributed by atoms with Crippen LogP contribution in [-0.2, 0) is 11.0 Å². The molecule has 0 bridgehead atoms. The van der Waals surface area contributed by atoms with E-state index in [1.165, 1.54) is 31.0 Å². The number of carbonyl (C=O) groups is 1. The number of methoxy groups -OCH3 is 1. The first-order chi connectivity index (χ1) is 11.3. The molecule has 3 nitrogen and oxygen atoms in total. The number of ether oxygens (including phenoxy) is 1. The second kappa shape index (κ2) is 7.61. The van der Waals surface area contributed by atoms with Gasteiger partial charge in [0.2, 0.25) is 5.91 Å².